The molecular weight excluding hydrogens is 448 g/mol. The first-order valence-corrected chi connectivity index (χ1v) is 12.5. The Bertz CT molecular complexity index is 547. The molecule has 4 heteroatoms. The van der Waals surface area contributed by atoms with Gasteiger partial charge in [-0.15, -0.1) is 0 Å². The summed E-state index contributed by atoms with van der Waals surface area (Å²) in [6.45, 7) is 5.27. The second kappa shape index (κ2) is 18.7. The number of halogens is 1. The lowest BCUT2D eigenvalue weighted by Gasteiger charge is -2.30. The van der Waals surface area contributed by atoms with E-state index in [2.05, 4.69) is 51.4 Å². The van der Waals surface area contributed by atoms with E-state index in [-0.39, 0.29) is 17.0 Å². The molecule has 0 fully saturated rings. The largest absolute Gasteiger partial charge is 1.00 e. The van der Waals surface area contributed by atoms with Crippen molar-refractivity contribution in [1.82, 2.24) is 4.90 Å². The van der Waals surface area contributed by atoms with Gasteiger partial charge in [0.25, 0.3) is 0 Å². The third-order valence-corrected chi connectivity index (χ3v) is 6.13. The van der Waals surface area contributed by atoms with Gasteiger partial charge in [-0.05, 0) is 6.42 Å². The molecule has 1 aromatic rings. The van der Waals surface area contributed by atoms with Crippen LogP contribution in [0.15, 0.2) is 30.3 Å². The van der Waals surface area contributed by atoms with Crippen molar-refractivity contribution in [1.29, 1.82) is 0 Å². The summed E-state index contributed by atoms with van der Waals surface area (Å²) in [4.78, 5) is 14.3. The zero-order chi connectivity index (χ0) is 22.1. The van der Waals surface area contributed by atoms with Gasteiger partial charge >= 0.3 is 0 Å². The molecule has 180 valence electrons. The molecule has 0 N–H and O–H groups in total. The molecular formula is C27H49BrN2O. The number of hydrogen-bond donors (Lipinski definition) is 0. The zero-order valence-corrected chi connectivity index (χ0v) is 22.5. The van der Waals surface area contributed by atoms with E-state index in [9.17, 15) is 4.79 Å². The van der Waals surface area contributed by atoms with Crippen molar-refractivity contribution in [3.8, 4) is 0 Å². The number of quaternary nitrogens is 1. The maximum Gasteiger partial charge on any atom is 0.222 e. The van der Waals surface area contributed by atoms with Gasteiger partial charge in [-0.2, -0.15) is 0 Å². The predicted octanol–water partition coefficient (Wildman–Crippen LogP) is 3.82. The Balaban J connectivity index is 0.00000900. The highest BCUT2D eigenvalue weighted by atomic mass is 79.9. The van der Waals surface area contributed by atoms with E-state index in [0.717, 1.165) is 43.4 Å². The molecule has 0 saturated carbocycles. The summed E-state index contributed by atoms with van der Waals surface area (Å²) in [5.74, 6) is 0.319. The van der Waals surface area contributed by atoms with Gasteiger partial charge in [0.1, 0.15) is 6.54 Å². The van der Waals surface area contributed by atoms with E-state index in [1.165, 1.54) is 69.8 Å². The predicted molar refractivity (Wildman–Crippen MR) is 130 cm³/mol. The van der Waals surface area contributed by atoms with Crippen molar-refractivity contribution in [2.45, 2.75) is 96.9 Å². The van der Waals surface area contributed by atoms with Crippen molar-refractivity contribution in [2.24, 2.45) is 0 Å². The molecule has 0 aromatic heterocycles. The molecule has 1 rings (SSSR count). The van der Waals surface area contributed by atoms with E-state index >= 15 is 0 Å². The van der Waals surface area contributed by atoms with Gasteiger partial charge in [0, 0.05) is 32.0 Å². The first kappa shape index (κ1) is 30.1. The maximum atomic E-state index is 12.4. The van der Waals surface area contributed by atoms with Crippen molar-refractivity contribution >= 4 is 5.91 Å². The van der Waals surface area contributed by atoms with Crippen LogP contribution in [0.1, 0.15) is 96.0 Å². The van der Waals surface area contributed by atoms with Gasteiger partial charge < -0.3 is 26.4 Å². The Labute approximate surface area is 203 Å². The van der Waals surface area contributed by atoms with Crippen LogP contribution in [-0.4, -0.2) is 49.5 Å². The lowest BCUT2D eigenvalue weighted by atomic mass is 10.1. The fourth-order valence-corrected chi connectivity index (χ4v) is 4.15. The monoisotopic (exact) mass is 496 g/mol. The molecule has 1 aromatic carbocycles. The number of carbonyl (C=O) groups is 1. The van der Waals surface area contributed by atoms with Crippen molar-refractivity contribution in [3.05, 3.63) is 35.9 Å². The highest BCUT2D eigenvalue weighted by Gasteiger charge is 2.16. The second-order valence-corrected chi connectivity index (χ2v) is 9.76. The number of hydrogen-bond acceptors (Lipinski definition) is 1. The fraction of sp³-hybridized carbons (Fsp3) is 0.741. The summed E-state index contributed by atoms with van der Waals surface area (Å²) in [5.41, 5.74) is 1.38. The molecule has 0 radical (unpaired) electrons. The van der Waals surface area contributed by atoms with Crippen LogP contribution >= 0.6 is 0 Å². The zero-order valence-electron chi connectivity index (χ0n) is 20.9. The van der Waals surface area contributed by atoms with E-state index < -0.39 is 0 Å². The maximum absolute atomic E-state index is 12.4. The van der Waals surface area contributed by atoms with Crippen molar-refractivity contribution in [2.75, 3.05) is 34.2 Å². The smallest absolute Gasteiger partial charge is 0.222 e. The summed E-state index contributed by atoms with van der Waals surface area (Å²) < 4.78 is 0.963. The number of amides is 1. The summed E-state index contributed by atoms with van der Waals surface area (Å²) in [6.07, 6.45) is 16.4. The van der Waals surface area contributed by atoms with Gasteiger partial charge in [0.05, 0.1) is 20.6 Å². The van der Waals surface area contributed by atoms with Gasteiger partial charge in [-0.1, -0.05) is 101 Å². The molecule has 1 amide bonds. The molecule has 0 bridgehead atoms. The molecule has 0 aliphatic heterocycles. The van der Waals surface area contributed by atoms with E-state index in [0.29, 0.717) is 5.91 Å². The van der Waals surface area contributed by atoms with Crippen LogP contribution in [0.3, 0.4) is 0 Å². The van der Waals surface area contributed by atoms with Gasteiger partial charge in [-0.25, -0.2) is 0 Å². The lowest BCUT2D eigenvalue weighted by molar-refractivity contribution is -0.903. The Morgan fingerprint density at radius 2 is 1.32 bits per heavy atom. The first-order valence-electron chi connectivity index (χ1n) is 12.5. The van der Waals surface area contributed by atoms with E-state index in [4.69, 9.17) is 0 Å². The second-order valence-electron chi connectivity index (χ2n) is 9.76. The standard InChI is InChI=1S/C27H49N2O.BrH/c1-5-6-7-8-9-10-11-12-13-14-18-22-27(30)28(2)23-19-24-29(3,4)25-26-20-16-15-17-21-26;/h15-17,20-21H,5-14,18-19,22-25H2,1-4H3;1H/q+1;/p-1. The average molecular weight is 498 g/mol. The third kappa shape index (κ3) is 16.4. The quantitative estimate of drug-likeness (QED) is 0.223. The topological polar surface area (TPSA) is 20.3 Å². The minimum absolute atomic E-state index is 0. The summed E-state index contributed by atoms with van der Waals surface area (Å²) >= 11 is 0. The minimum atomic E-state index is 0. The number of nitrogens with zero attached hydrogens (tertiary/aromatic N) is 2. The van der Waals surface area contributed by atoms with Crippen LogP contribution in [0.5, 0.6) is 0 Å². The highest BCUT2D eigenvalue weighted by Crippen LogP contribution is 2.13. The molecule has 3 nitrogen and oxygen atoms in total. The van der Waals surface area contributed by atoms with Gasteiger partial charge in [0.15, 0.2) is 0 Å². The molecule has 0 aliphatic carbocycles. The third-order valence-electron chi connectivity index (χ3n) is 6.13. The molecule has 31 heavy (non-hydrogen) atoms. The lowest BCUT2D eigenvalue weighted by Crippen LogP contribution is -3.00. The van der Waals surface area contributed by atoms with Crippen LogP contribution in [0, 0.1) is 0 Å². The van der Waals surface area contributed by atoms with E-state index in [1.54, 1.807) is 0 Å². The Morgan fingerprint density at radius 3 is 1.87 bits per heavy atom. The normalized spacial score (nSPS) is 11.2. The van der Waals surface area contributed by atoms with E-state index in [1.807, 2.05) is 11.9 Å². The Kier molecular flexibility index (Phi) is 18.2. The fourth-order valence-electron chi connectivity index (χ4n) is 4.15. The number of benzene rings is 1. The van der Waals surface area contributed by atoms with Gasteiger partial charge in [0.2, 0.25) is 5.91 Å². The molecule has 0 unspecified atom stereocenters. The summed E-state index contributed by atoms with van der Waals surface area (Å²) in [5, 5.41) is 0. The summed E-state index contributed by atoms with van der Waals surface area (Å²) in [7, 11) is 6.53. The summed E-state index contributed by atoms with van der Waals surface area (Å²) in [6, 6.07) is 10.7. The van der Waals surface area contributed by atoms with Crippen LogP contribution in [0.2, 0.25) is 0 Å². The molecule has 0 atom stereocenters. The number of unbranched alkanes of at least 4 members (excludes halogenated alkanes) is 10. The SMILES string of the molecule is CCCCCCCCCCCCCC(=O)N(C)CCC[N+](C)(C)Cc1ccccc1.[Br-]. The first-order chi connectivity index (χ1) is 14.4. The van der Waals surface area contributed by atoms with Crippen LogP contribution in [0.4, 0.5) is 0 Å². The Morgan fingerprint density at radius 1 is 0.806 bits per heavy atom. The number of carbonyl (C=O) groups excluding carboxylic acids is 1. The van der Waals surface area contributed by atoms with Gasteiger partial charge in [-0.3, -0.25) is 4.79 Å². The number of rotatable bonds is 18. The van der Waals surface area contributed by atoms with Crippen molar-refractivity contribution < 1.29 is 26.3 Å². The van der Waals surface area contributed by atoms with Crippen LogP contribution in [-0.2, 0) is 11.3 Å². The Hall–Kier alpha value is -0.870. The molecule has 0 saturated heterocycles. The minimum Gasteiger partial charge on any atom is -1.00 e. The average Bonchev–Trinajstić information content (AvgIpc) is 2.72. The molecule has 0 heterocycles. The van der Waals surface area contributed by atoms with Crippen LogP contribution < -0.4 is 17.0 Å². The van der Waals surface area contributed by atoms with Crippen LogP contribution in [0.25, 0.3) is 0 Å². The van der Waals surface area contributed by atoms with Crippen molar-refractivity contribution in [3.63, 3.8) is 0 Å². The molecule has 0 spiro atoms. The highest BCUT2D eigenvalue weighted by molar-refractivity contribution is 5.75. The molecule has 0 aliphatic rings.